The van der Waals surface area contributed by atoms with Gasteiger partial charge in [0, 0.05) is 51.5 Å². The summed E-state index contributed by atoms with van der Waals surface area (Å²) in [4.78, 5) is 17.3. The predicted molar refractivity (Wildman–Crippen MR) is 123 cm³/mol. The Morgan fingerprint density at radius 3 is 2.23 bits per heavy atom. The average Bonchev–Trinajstić information content (AvgIpc) is 2.77. The molecule has 1 saturated heterocycles. The number of nitrogens with one attached hydrogen (secondary N) is 1. The highest BCUT2D eigenvalue weighted by atomic mass is 32.2. The van der Waals surface area contributed by atoms with Gasteiger partial charge in [-0.1, -0.05) is 50.2 Å². The van der Waals surface area contributed by atoms with Crippen LogP contribution in [0.4, 0.5) is 5.69 Å². The lowest BCUT2D eigenvalue weighted by Gasteiger charge is -2.34. The second kappa shape index (κ2) is 10.9. The Bertz CT molecular complexity index is 954. The topological polar surface area (TPSA) is 73.0 Å². The SMILES string of the molecule is CCN(CC)S(=O)(=O)c1cccc(NC(=O)CN2CCN(Cc3ccccc3)CC2)c1. The molecule has 1 aliphatic rings. The van der Waals surface area contributed by atoms with Gasteiger partial charge in [-0.15, -0.1) is 0 Å². The Balaban J connectivity index is 1.51. The van der Waals surface area contributed by atoms with Crippen LogP contribution in [0.2, 0.25) is 0 Å². The third-order valence-electron chi connectivity index (χ3n) is 5.54. The maximum atomic E-state index is 12.7. The number of amides is 1. The summed E-state index contributed by atoms with van der Waals surface area (Å²) in [5, 5.41) is 2.85. The van der Waals surface area contributed by atoms with Crippen molar-refractivity contribution in [2.75, 3.05) is 51.1 Å². The molecule has 0 atom stereocenters. The number of piperazine rings is 1. The van der Waals surface area contributed by atoms with Crippen molar-refractivity contribution < 1.29 is 13.2 Å². The van der Waals surface area contributed by atoms with Gasteiger partial charge in [-0.25, -0.2) is 8.42 Å². The molecule has 31 heavy (non-hydrogen) atoms. The zero-order valence-corrected chi connectivity index (χ0v) is 19.1. The fourth-order valence-corrected chi connectivity index (χ4v) is 5.30. The first-order valence-electron chi connectivity index (χ1n) is 10.8. The van der Waals surface area contributed by atoms with E-state index in [1.165, 1.54) is 15.9 Å². The van der Waals surface area contributed by atoms with Gasteiger partial charge in [0.2, 0.25) is 15.9 Å². The maximum absolute atomic E-state index is 12.7. The van der Waals surface area contributed by atoms with E-state index >= 15 is 0 Å². The number of rotatable bonds is 9. The van der Waals surface area contributed by atoms with Crippen LogP contribution in [-0.4, -0.2) is 74.2 Å². The average molecular weight is 445 g/mol. The van der Waals surface area contributed by atoms with E-state index in [9.17, 15) is 13.2 Å². The molecule has 1 fully saturated rings. The molecule has 0 aromatic heterocycles. The van der Waals surface area contributed by atoms with Gasteiger partial charge in [0.1, 0.15) is 0 Å². The van der Waals surface area contributed by atoms with E-state index in [4.69, 9.17) is 0 Å². The molecule has 2 aromatic rings. The normalized spacial score (nSPS) is 15.8. The highest BCUT2D eigenvalue weighted by Gasteiger charge is 2.22. The fourth-order valence-electron chi connectivity index (χ4n) is 3.80. The van der Waals surface area contributed by atoms with Gasteiger partial charge >= 0.3 is 0 Å². The molecule has 0 bridgehead atoms. The predicted octanol–water partition coefficient (Wildman–Crippen LogP) is 2.47. The van der Waals surface area contributed by atoms with E-state index in [2.05, 4.69) is 39.4 Å². The Kier molecular flexibility index (Phi) is 8.20. The third-order valence-corrected chi connectivity index (χ3v) is 7.59. The quantitative estimate of drug-likeness (QED) is 0.643. The number of anilines is 1. The lowest BCUT2D eigenvalue weighted by molar-refractivity contribution is -0.117. The molecule has 0 spiro atoms. The van der Waals surface area contributed by atoms with Crippen molar-refractivity contribution in [3.05, 3.63) is 60.2 Å². The lowest BCUT2D eigenvalue weighted by atomic mass is 10.2. The van der Waals surface area contributed by atoms with Gasteiger partial charge in [0.25, 0.3) is 0 Å². The van der Waals surface area contributed by atoms with E-state index < -0.39 is 10.0 Å². The van der Waals surface area contributed by atoms with Crippen molar-refractivity contribution >= 4 is 21.6 Å². The van der Waals surface area contributed by atoms with Crippen LogP contribution in [0.15, 0.2) is 59.5 Å². The largest absolute Gasteiger partial charge is 0.325 e. The molecule has 0 aliphatic carbocycles. The molecule has 0 unspecified atom stereocenters. The first kappa shape index (κ1) is 23.4. The minimum atomic E-state index is -3.55. The van der Waals surface area contributed by atoms with Gasteiger partial charge in [-0.2, -0.15) is 4.31 Å². The van der Waals surface area contributed by atoms with Crippen LogP contribution in [0, 0.1) is 0 Å². The van der Waals surface area contributed by atoms with Crippen molar-refractivity contribution in [2.24, 2.45) is 0 Å². The molecule has 3 rings (SSSR count). The summed E-state index contributed by atoms with van der Waals surface area (Å²) in [5.74, 6) is -0.131. The van der Waals surface area contributed by atoms with Crippen LogP contribution < -0.4 is 5.32 Å². The summed E-state index contributed by atoms with van der Waals surface area (Å²) in [5.41, 5.74) is 1.80. The van der Waals surface area contributed by atoms with E-state index in [-0.39, 0.29) is 10.8 Å². The smallest absolute Gasteiger partial charge is 0.243 e. The molecule has 1 amide bonds. The summed E-state index contributed by atoms with van der Waals surface area (Å²) < 4.78 is 26.8. The van der Waals surface area contributed by atoms with E-state index in [1.807, 2.05) is 19.9 Å². The molecule has 7 nitrogen and oxygen atoms in total. The molecule has 1 aliphatic heterocycles. The van der Waals surface area contributed by atoms with E-state index in [0.717, 1.165) is 32.7 Å². The van der Waals surface area contributed by atoms with Crippen LogP contribution >= 0.6 is 0 Å². The van der Waals surface area contributed by atoms with E-state index in [0.29, 0.717) is 25.3 Å². The molecule has 8 heteroatoms. The fraction of sp³-hybridized carbons (Fsp3) is 0.435. The summed E-state index contributed by atoms with van der Waals surface area (Å²) in [6.45, 7) is 9.16. The second-order valence-corrected chi connectivity index (χ2v) is 9.64. The zero-order chi connectivity index (χ0) is 22.3. The standard InChI is InChI=1S/C23H32N4O3S/c1-3-27(4-2)31(29,30)22-12-8-11-21(17-22)24-23(28)19-26-15-13-25(14-16-26)18-20-9-6-5-7-10-20/h5-12,17H,3-4,13-16,18-19H2,1-2H3,(H,24,28). The van der Waals surface area contributed by atoms with Gasteiger partial charge in [-0.05, 0) is 23.8 Å². The van der Waals surface area contributed by atoms with Crippen LogP contribution in [0.25, 0.3) is 0 Å². The maximum Gasteiger partial charge on any atom is 0.243 e. The van der Waals surface area contributed by atoms with Gasteiger partial charge in [-0.3, -0.25) is 14.6 Å². The van der Waals surface area contributed by atoms with Crippen molar-refractivity contribution in [1.82, 2.24) is 14.1 Å². The third kappa shape index (κ3) is 6.36. The number of hydrogen-bond donors (Lipinski definition) is 1. The Hall–Kier alpha value is -2.26. The number of carbonyl (C=O) groups is 1. The molecule has 0 saturated carbocycles. The van der Waals surface area contributed by atoms with Gasteiger partial charge in [0.15, 0.2) is 0 Å². The van der Waals surface area contributed by atoms with Crippen molar-refractivity contribution in [2.45, 2.75) is 25.3 Å². The van der Waals surface area contributed by atoms with E-state index in [1.54, 1.807) is 18.2 Å². The zero-order valence-electron chi connectivity index (χ0n) is 18.3. The molecule has 0 radical (unpaired) electrons. The molecule has 168 valence electrons. The number of sulfonamides is 1. The molecule has 1 heterocycles. The monoisotopic (exact) mass is 444 g/mol. The number of hydrogen-bond acceptors (Lipinski definition) is 5. The minimum absolute atomic E-state index is 0.131. The number of benzene rings is 2. The first-order chi connectivity index (χ1) is 14.9. The summed E-state index contributed by atoms with van der Waals surface area (Å²) in [6, 6.07) is 16.9. The van der Waals surface area contributed by atoms with Gasteiger partial charge < -0.3 is 5.32 Å². The number of nitrogens with zero attached hydrogens (tertiary/aromatic N) is 3. The van der Waals surface area contributed by atoms with Crippen LogP contribution in [0.1, 0.15) is 19.4 Å². The summed E-state index contributed by atoms with van der Waals surface area (Å²) in [7, 11) is -3.55. The highest BCUT2D eigenvalue weighted by Crippen LogP contribution is 2.19. The van der Waals surface area contributed by atoms with Crippen molar-refractivity contribution in [1.29, 1.82) is 0 Å². The molecular weight excluding hydrogens is 412 g/mol. The van der Waals surface area contributed by atoms with Gasteiger partial charge in [0.05, 0.1) is 11.4 Å². The van der Waals surface area contributed by atoms with Crippen LogP contribution in [0.3, 0.4) is 0 Å². The Labute approximate surface area is 185 Å². The second-order valence-electron chi connectivity index (χ2n) is 7.70. The van der Waals surface area contributed by atoms with Crippen LogP contribution in [0.5, 0.6) is 0 Å². The van der Waals surface area contributed by atoms with Crippen LogP contribution in [-0.2, 0) is 21.4 Å². The Morgan fingerprint density at radius 2 is 1.58 bits per heavy atom. The minimum Gasteiger partial charge on any atom is -0.325 e. The Morgan fingerprint density at radius 1 is 0.935 bits per heavy atom. The van der Waals surface area contributed by atoms with Crippen molar-refractivity contribution in [3.8, 4) is 0 Å². The molecule has 2 aromatic carbocycles. The lowest BCUT2D eigenvalue weighted by Crippen LogP contribution is -2.48. The highest BCUT2D eigenvalue weighted by molar-refractivity contribution is 7.89. The van der Waals surface area contributed by atoms with Crippen molar-refractivity contribution in [3.63, 3.8) is 0 Å². The summed E-state index contributed by atoms with van der Waals surface area (Å²) >= 11 is 0. The molecular formula is C23H32N4O3S. The first-order valence-corrected chi connectivity index (χ1v) is 12.2. The number of carbonyl (C=O) groups excluding carboxylic acids is 1. The summed E-state index contributed by atoms with van der Waals surface area (Å²) in [6.07, 6.45) is 0. The molecule has 1 N–H and O–H groups in total.